The van der Waals surface area contributed by atoms with Crippen LogP contribution in [0.15, 0.2) is 41.3 Å². The molecule has 0 saturated carbocycles. The Bertz CT molecular complexity index is 712. The minimum absolute atomic E-state index is 0.0408. The van der Waals surface area contributed by atoms with Gasteiger partial charge >= 0.3 is 0 Å². The molecule has 0 spiro atoms. The standard InChI is InChI=1S/C15H16FN3O2/c1-3-18(2)11-8-15(21)19(17-9-11)10-14(20)12-6-4-5-7-13(12)16/h4-9H,3,10H2,1-2H3. The first-order valence-corrected chi connectivity index (χ1v) is 6.59. The van der Waals surface area contributed by atoms with E-state index in [0.717, 1.165) is 11.2 Å². The monoisotopic (exact) mass is 289 g/mol. The number of halogens is 1. The summed E-state index contributed by atoms with van der Waals surface area (Å²) in [6.07, 6.45) is 1.51. The van der Waals surface area contributed by atoms with Gasteiger partial charge in [-0.1, -0.05) is 12.1 Å². The summed E-state index contributed by atoms with van der Waals surface area (Å²) >= 11 is 0. The molecular weight excluding hydrogens is 273 g/mol. The molecule has 2 rings (SSSR count). The first-order valence-electron chi connectivity index (χ1n) is 6.59. The zero-order valence-electron chi connectivity index (χ0n) is 11.9. The van der Waals surface area contributed by atoms with Gasteiger partial charge in [0.2, 0.25) is 0 Å². The number of ketones is 1. The van der Waals surface area contributed by atoms with Gasteiger partial charge in [0, 0.05) is 19.7 Å². The van der Waals surface area contributed by atoms with E-state index in [0.29, 0.717) is 5.69 Å². The maximum atomic E-state index is 13.5. The molecule has 0 atom stereocenters. The number of carbonyl (C=O) groups excluding carboxylic acids is 1. The van der Waals surface area contributed by atoms with Crippen LogP contribution in [0, 0.1) is 5.82 Å². The van der Waals surface area contributed by atoms with Gasteiger partial charge in [-0.15, -0.1) is 0 Å². The minimum Gasteiger partial charge on any atom is -0.373 e. The summed E-state index contributed by atoms with van der Waals surface area (Å²) in [6, 6.07) is 7.09. The molecule has 0 bridgehead atoms. The van der Waals surface area contributed by atoms with Crippen molar-refractivity contribution < 1.29 is 9.18 Å². The Morgan fingerprint density at radius 2 is 2.10 bits per heavy atom. The number of hydrogen-bond donors (Lipinski definition) is 0. The van der Waals surface area contributed by atoms with Crippen LogP contribution in [-0.2, 0) is 6.54 Å². The molecule has 6 heteroatoms. The molecule has 0 radical (unpaired) electrons. The molecule has 5 nitrogen and oxygen atoms in total. The van der Waals surface area contributed by atoms with E-state index in [1.807, 2.05) is 18.9 Å². The molecule has 0 fully saturated rings. The number of rotatable bonds is 5. The summed E-state index contributed by atoms with van der Waals surface area (Å²) in [5.74, 6) is -1.09. The summed E-state index contributed by atoms with van der Waals surface area (Å²) in [4.78, 5) is 25.8. The van der Waals surface area contributed by atoms with E-state index in [2.05, 4.69) is 5.10 Å². The van der Waals surface area contributed by atoms with Gasteiger partial charge < -0.3 is 4.90 Å². The van der Waals surface area contributed by atoms with Crippen LogP contribution in [0.1, 0.15) is 17.3 Å². The number of benzene rings is 1. The molecule has 0 amide bonds. The second-order valence-electron chi connectivity index (χ2n) is 4.63. The number of Topliss-reactive ketones (excluding diaryl/α,β-unsaturated/α-hetero) is 1. The predicted molar refractivity (Wildman–Crippen MR) is 78.2 cm³/mol. The molecule has 0 N–H and O–H groups in total. The molecule has 0 aliphatic rings. The van der Waals surface area contributed by atoms with Crippen LogP contribution in [0.2, 0.25) is 0 Å². The topological polar surface area (TPSA) is 55.2 Å². The Balaban J connectivity index is 2.23. The molecular formula is C15H16FN3O2. The second-order valence-corrected chi connectivity index (χ2v) is 4.63. The summed E-state index contributed by atoms with van der Waals surface area (Å²) in [6.45, 7) is 2.41. The zero-order valence-corrected chi connectivity index (χ0v) is 11.9. The molecule has 0 saturated heterocycles. The van der Waals surface area contributed by atoms with E-state index in [-0.39, 0.29) is 12.1 Å². The molecule has 1 heterocycles. The number of anilines is 1. The van der Waals surface area contributed by atoms with Crippen molar-refractivity contribution >= 4 is 11.5 Å². The Morgan fingerprint density at radius 3 is 2.71 bits per heavy atom. The van der Waals surface area contributed by atoms with Gasteiger partial charge in [-0.05, 0) is 19.1 Å². The predicted octanol–water partition coefficient (Wildman–Crippen LogP) is 1.72. The third-order valence-electron chi connectivity index (χ3n) is 3.24. The van der Waals surface area contributed by atoms with Crippen molar-refractivity contribution in [2.75, 3.05) is 18.5 Å². The van der Waals surface area contributed by atoms with Crippen LogP contribution >= 0.6 is 0 Å². The Hall–Kier alpha value is -2.50. The SMILES string of the molecule is CCN(C)c1cnn(CC(=O)c2ccccc2F)c(=O)c1. The van der Waals surface area contributed by atoms with Crippen LogP contribution in [-0.4, -0.2) is 29.2 Å². The van der Waals surface area contributed by atoms with Gasteiger partial charge in [-0.3, -0.25) is 9.59 Å². The number of nitrogens with zero attached hydrogens (tertiary/aromatic N) is 3. The van der Waals surface area contributed by atoms with E-state index < -0.39 is 17.2 Å². The highest BCUT2D eigenvalue weighted by Gasteiger charge is 2.13. The van der Waals surface area contributed by atoms with Crippen LogP contribution in [0.25, 0.3) is 0 Å². The molecule has 110 valence electrons. The summed E-state index contributed by atoms with van der Waals surface area (Å²) in [5, 5.41) is 3.96. The van der Waals surface area contributed by atoms with Gasteiger partial charge in [-0.25, -0.2) is 9.07 Å². The summed E-state index contributed by atoms with van der Waals surface area (Å²) in [5.41, 5.74) is 0.246. The smallest absolute Gasteiger partial charge is 0.269 e. The van der Waals surface area contributed by atoms with Crippen molar-refractivity contribution in [3.63, 3.8) is 0 Å². The highest BCUT2D eigenvalue weighted by Crippen LogP contribution is 2.09. The fourth-order valence-corrected chi connectivity index (χ4v) is 1.84. The van der Waals surface area contributed by atoms with Crippen LogP contribution in [0.4, 0.5) is 10.1 Å². The van der Waals surface area contributed by atoms with Crippen molar-refractivity contribution in [2.24, 2.45) is 0 Å². The lowest BCUT2D eigenvalue weighted by molar-refractivity contribution is 0.0961. The number of hydrogen-bond acceptors (Lipinski definition) is 4. The van der Waals surface area contributed by atoms with Crippen LogP contribution in [0.3, 0.4) is 0 Å². The first kappa shape index (κ1) is 14.9. The minimum atomic E-state index is -0.599. The lowest BCUT2D eigenvalue weighted by Gasteiger charge is -2.16. The first-order chi connectivity index (χ1) is 10.0. The molecule has 21 heavy (non-hydrogen) atoms. The number of aromatic nitrogens is 2. The number of carbonyl (C=O) groups is 1. The maximum Gasteiger partial charge on any atom is 0.269 e. The lowest BCUT2D eigenvalue weighted by atomic mass is 10.1. The molecule has 0 aliphatic heterocycles. The largest absolute Gasteiger partial charge is 0.373 e. The quantitative estimate of drug-likeness (QED) is 0.787. The van der Waals surface area contributed by atoms with E-state index in [9.17, 15) is 14.0 Å². The van der Waals surface area contributed by atoms with E-state index in [1.54, 1.807) is 6.07 Å². The molecule has 1 aromatic heterocycles. The summed E-state index contributed by atoms with van der Waals surface area (Å²) < 4.78 is 14.6. The normalized spacial score (nSPS) is 10.4. The van der Waals surface area contributed by atoms with Crippen molar-refractivity contribution in [1.82, 2.24) is 9.78 Å². The molecule has 0 unspecified atom stereocenters. The second kappa shape index (κ2) is 6.30. The van der Waals surface area contributed by atoms with Crippen molar-refractivity contribution in [2.45, 2.75) is 13.5 Å². The van der Waals surface area contributed by atoms with Crippen molar-refractivity contribution in [3.05, 3.63) is 58.3 Å². The third-order valence-corrected chi connectivity index (χ3v) is 3.24. The highest BCUT2D eigenvalue weighted by molar-refractivity contribution is 5.96. The highest BCUT2D eigenvalue weighted by atomic mass is 19.1. The molecule has 2 aromatic rings. The van der Waals surface area contributed by atoms with Crippen molar-refractivity contribution in [3.8, 4) is 0 Å². The van der Waals surface area contributed by atoms with E-state index >= 15 is 0 Å². The van der Waals surface area contributed by atoms with Crippen molar-refractivity contribution in [1.29, 1.82) is 0 Å². The fraction of sp³-hybridized carbons (Fsp3) is 0.267. The van der Waals surface area contributed by atoms with E-state index in [1.165, 1.54) is 30.5 Å². The molecule has 1 aromatic carbocycles. The van der Waals surface area contributed by atoms with Gasteiger partial charge in [0.15, 0.2) is 5.78 Å². The molecule has 0 aliphatic carbocycles. The van der Waals surface area contributed by atoms with Crippen LogP contribution < -0.4 is 10.5 Å². The Kier molecular flexibility index (Phi) is 4.47. The van der Waals surface area contributed by atoms with E-state index in [4.69, 9.17) is 0 Å². The van der Waals surface area contributed by atoms with Crippen LogP contribution in [0.5, 0.6) is 0 Å². The average Bonchev–Trinajstić information content (AvgIpc) is 2.48. The lowest BCUT2D eigenvalue weighted by Crippen LogP contribution is -2.28. The average molecular weight is 289 g/mol. The maximum absolute atomic E-state index is 13.5. The summed E-state index contributed by atoms with van der Waals surface area (Å²) in [7, 11) is 1.84. The van der Waals surface area contributed by atoms with Gasteiger partial charge in [-0.2, -0.15) is 5.10 Å². The Morgan fingerprint density at radius 1 is 1.38 bits per heavy atom. The third kappa shape index (κ3) is 3.34. The Labute approximate surface area is 121 Å². The fourth-order valence-electron chi connectivity index (χ4n) is 1.84. The zero-order chi connectivity index (χ0) is 15.4. The van der Waals surface area contributed by atoms with Gasteiger partial charge in [0.25, 0.3) is 5.56 Å². The van der Waals surface area contributed by atoms with Gasteiger partial charge in [0.1, 0.15) is 12.4 Å². The van der Waals surface area contributed by atoms with Gasteiger partial charge in [0.05, 0.1) is 17.4 Å².